The van der Waals surface area contributed by atoms with E-state index in [9.17, 15) is 5.11 Å². The quantitative estimate of drug-likeness (QED) is 0.829. The molecule has 22 heavy (non-hydrogen) atoms. The van der Waals surface area contributed by atoms with Gasteiger partial charge in [0.2, 0.25) is 0 Å². The Balaban J connectivity index is 1.91. The molecule has 0 aromatic carbocycles. The van der Waals surface area contributed by atoms with E-state index in [1.165, 1.54) is 5.69 Å². The summed E-state index contributed by atoms with van der Waals surface area (Å²) in [6.45, 7) is 10.8. The van der Waals surface area contributed by atoms with Gasteiger partial charge in [0.1, 0.15) is 0 Å². The summed E-state index contributed by atoms with van der Waals surface area (Å²) in [5, 5.41) is 10.3. The fourth-order valence-electron chi connectivity index (χ4n) is 2.96. The Kier molecular flexibility index (Phi) is 6.37. The average Bonchev–Trinajstić information content (AvgIpc) is 2.81. The molecule has 0 spiro atoms. The fourth-order valence-corrected chi connectivity index (χ4v) is 2.96. The molecule has 0 saturated carbocycles. The van der Waals surface area contributed by atoms with Gasteiger partial charge in [-0.2, -0.15) is 0 Å². The lowest BCUT2D eigenvalue weighted by molar-refractivity contribution is 0.105. The topological polar surface area (TPSA) is 47.8 Å². The van der Waals surface area contributed by atoms with E-state index in [4.69, 9.17) is 0 Å². The third-order valence-corrected chi connectivity index (χ3v) is 4.22. The number of aliphatic hydroxyl groups excluding tert-OH is 1. The van der Waals surface area contributed by atoms with Gasteiger partial charge < -0.3 is 14.6 Å². The first kappa shape index (κ1) is 17.4. The van der Waals surface area contributed by atoms with Crippen LogP contribution in [0.25, 0.3) is 0 Å². The Labute approximate surface area is 134 Å². The summed E-state index contributed by atoms with van der Waals surface area (Å²) >= 11 is 0. The Morgan fingerprint density at radius 2 is 1.95 bits per heavy atom. The maximum Gasteiger partial charge on any atom is 0.0951 e. The number of rotatable bonds is 6. The van der Waals surface area contributed by atoms with Crippen LogP contribution in [0.3, 0.4) is 0 Å². The molecule has 1 aliphatic rings. The van der Waals surface area contributed by atoms with Crippen LogP contribution >= 0.6 is 0 Å². The minimum atomic E-state index is -0.278. The maximum absolute atomic E-state index is 10.3. The van der Waals surface area contributed by atoms with E-state index in [1.807, 2.05) is 12.5 Å². The second-order valence-electron chi connectivity index (χ2n) is 6.88. The van der Waals surface area contributed by atoms with Crippen molar-refractivity contribution in [3.8, 4) is 0 Å². The number of imidazole rings is 1. The van der Waals surface area contributed by atoms with Crippen LogP contribution in [0.4, 0.5) is 0 Å². The van der Waals surface area contributed by atoms with Gasteiger partial charge in [0.25, 0.3) is 0 Å². The van der Waals surface area contributed by atoms with Crippen molar-refractivity contribution < 1.29 is 5.11 Å². The molecule has 6 heteroatoms. The van der Waals surface area contributed by atoms with Gasteiger partial charge in [-0.1, -0.05) is 0 Å². The van der Waals surface area contributed by atoms with Crippen LogP contribution in [0.15, 0.2) is 12.5 Å². The minimum absolute atomic E-state index is 0.278. The largest absolute Gasteiger partial charge is 0.390 e. The lowest BCUT2D eigenvalue weighted by atomic mass is 10.3. The minimum Gasteiger partial charge on any atom is -0.390 e. The molecule has 0 bridgehead atoms. The van der Waals surface area contributed by atoms with Crippen LogP contribution in [0.5, 0.6) is 0 Å². The van der Waals surface area contributed by atoms with Crippen molar-refractivity contribution in [3.05, 3.63) is 18.2 Å². The number of likely N-dealkylation sites (N-methyl/N-ethyl adjacent to an activating group) is 1. The van der Waals surface area contributed by atoms with E-state index in [0.29, 0.717) is 6.04 Å². The summed E-state index contributed by atoms with van der Waals surface area (Å²) in [4.78, 5) is 11.2. The number of aliphatic hydroxyl groups is 1. The third kappa shape index (κ3) is 5.05. The van der Waals surface area contributed by atoms with Crippen molar-refractivity contribution in [2.24, 2.45) is 0 Å². The summed E-state index contributed by atoms with van der Waals surface area (Å²) < 4.78 is 2.21. The standard InChI is InChI=1S/C16H31N5O/c1-14(2)21-13-17-9-15(21)10-20-8-7-19(6-5-18(3)4)11-16(22)12-20/h9,13-14,16,22H,5-8,10-12H2,1-4H3/t16-/m1/s1. The van der Waals surface area contributed by atoms with Crippen LogP contribution < -0.4 is 0 Å². The van der Waals surface area contributed by atoms with Crippen molar-refractivity contribution in [3.63, 3.8) is 0 Å². The molecule has 1 N–H and O–H groups in total. The maximum atomic E-state index is 10.3. The predicted molar refractivity (Wildman–Crippen MR) is 88.9 cm³/mol. The van der Waals surface area contributed by atoms with Crippen LogP contribution in [0, 0.1) is 0 Å². The van der Waals surface area contributed by atoms with Gasteiger partial charge >= 0.3 is 0 Å². The van der Waals surface area contributed by atoms with Crippen LogP contribution in [0.1, 0.15) is 25.6 Å². The highest BCUT2D eigenvalue weighted by Gasteiger charge is 2.22. The molecule has 2 heterocycles. The van der Waals surface area contributed by atoms with E-state index in [-0.39, 0.29) is 6.10 Å². The second-order valence-corrected chi connectivity index (χ2v) is 6.88. The molecular weight excluding hydrogens is 278 g/mol. The Hall–Kier alpha value is -0.950. The van der Waals surface area contributed by atoms with Gasteiger partial charge in [0.05, 0.1) is 18.1 Å². The second kappa shape index (κ2) is 8.06. The van der Waals surface area contributed by atoms with Crippen molar-refractivity contribution in [1.29, 1.82) is 0 Å². The molecule has 0 radical (unpaired) electrons. The molecule has 126 valence electrons. The van der Waals surface area contributed by atoms with Gasteiger partial charge in [-0.15, -0.1) is 0 Å². The molecule has 1 atom stereocenters. The number of aromatic nitrogens is 2. The number of hydrogen-bond acceptors (Lipinski definition) is 5. The van der Waals surface area contributed by atoms with Crippen molar-refractivity contribution in [1.82, 2.24) is 24.3 Å². The summed E-state index contributed by atoms with van der Waals surface area (Å²) in [5.41, 5.74) is 1.23. The lowest BCUT2D eigenvalue weighted by Crippen LogP contribution is -2.37. The first-order valence-electron chi connectivity index (χ1n) is 8.24. The van der Waals surface area contributed by atoms with E-state index in [0.717, 1.165) is 45.8 Å². The summed E-state index contributed by atoms with van der Waals surface area (Å²) in [6, 6.07) is 0.422. The molecule has 6 nitrogen and oxygen atoms in total. The molecular formula is C16H31N5O. The average molecular weight is 309 g/mol. The van der Waals surface area contributed by atoms with E-state index in [1.54, 1.807) is 0 Å². The van der Waals surface area contributed by atoms with E-state index < -0.39 is 0 Å². The molecule has 1 aliphatic heterocycles. The lowest BCUT2D eigenvalue weighted by Gasteiger charge is -2.23. The van der Waals surface area contributed by atoms with Gasteiger partial charge in [-0.05, 0) is 27.9 Å². The molecule has 0 amide bonds. The van der Waals surface area contributed by atoms with E-state index >= 15 is 0 Å². The van der Waals surface area contributed by atoms with Gasteiger partial charge in [-0.25, -0.2) is 4.98 Å². The molecule has 2 rings (SSSR count). The predicted octanol–water partition coefficient (Wildman–Crippen LogP) is 0.504. The van der Waals surface area contributed by atoms with Crippen molar-refractivity contribution in [2.75, 3.05) is 53.4 Å². The van der Waals surface area contributed by atoms with Crippen LogP contribution in [-0.2, 0) is 6.54 Å². The number of β-amino-alcohol motifs (C(OH)–C–C–N with tert-alkyl or cyclic N) is 1. The zero-order valence-corrected chi connectivity index (χ0v) is 14.4. The first-order chi connectivity index (χ1) is 10.5. The Morgan fingerprint density at radius 3 is 2.64 bits per heavy atom. The van der Waals surface area contributed by atoms with Gasteiger partial charge in [-0.3, -0.25) is 9.80 Å². The molecule has 0 unspecified atom stereocenters. The summed E-state index contributed by atoms with van der Waals surface area (Å²) in [7, 11) is 4.18. The smallest absolute Gasteiger partial charge is 0.0951 e. The zero-order chi connectivity index (χ0) is 16.1. The molecule has 1 saturated heterocycles. The van der Waals surface area contributed by atoms with Crippen molar-refractivity contribution >= 4 is 0 Å². The normalized spacial score (nSPS) is 21.7. The zero-order valence-electron chi connectivity index (χ0n) is 14.4. The van der Waals surface area contributed by atoms with Gasteiger partial charge in [0, 0.05) is 58.1 Å². The van der Waals surface area contributed by atoms with Crippen LogP contribution in [0.2, 0.25) is 0 Å². The molecule has 1 aromatic rings. The molecule has 1 aromatic heterocycles. The molecule has 0 aliphatic carbocycles. The van der Waals surface area contributed by atoms with Crippen molar-refractivity contribution in [2.45, 2.75) is 32.5 Å². The SMILES string of the molecule is CC(C)n1cncc1CN1CCN(CCN(C)C)C[C@@H](O)C1. The molecule has 1 fully saturated rings. The highest BCUT2D eigenvalue weighted by atomic mass is 16.3. The summed E-state index contributed by atoms with van der Waals surface area (Å²) in [6.07, 6.45) is 3.57. The first-order valence-corrected chi connectivity index (χ1v) is 8.24. The number of hydrogen-bond donors (Lipinski definition) is 1. The Bertz CT molecular complexity index is 445. The van der Waals surface area contributed by atoms with Gasteiger partial charge in [0.15, 0.2) is 0 Å². The third-order valence-electron chi connectivity index (χ3n) is 4.22. The van der Waals surface area contributed by atoms with Crippen LogP contribution in [-0.4, -0.2) is 88.8 Å². The van der Waals surface area contributed by atoms with E-state index in [2.05, 4.69) is 52.2 Å². The highest BCUT2D eigenvalue weighted by Crippen LogP contribution is 2.13. The summed E-state index contributed by atoms with van der Waals surface area (Å²) in [5.74, 6) is 0. The number of nitrogens with zero attached hydrogens (tertiary/aromatic N) is 5. The fraction of sp³-hybridized carbons (Fsp3) is 0.812. The Morgan fingerprint density at radius 1 is 1.27 bits per heavy atom. The monoisotopic (exact) mass is 309 g/mol. The highest BCUT2D eigenvalue weighted by molar-refractivity contribution is 5.00.